The van der Waals surface area contributed by atoms with Gasteiger partial charge < -0.3 is 11.1 Å². The predicted octanol–water partition coefficient (Wildman–Crippen LogP) is 2.85. The van der Waals surface area contributed by atoms with Gasteiger partial charge >= 0.3 is 0 Å². The van der Waals surface area contributed by atoms with E-state index < -0.39 is 6.04 Å². The summed E-state index contributed by atoms with van der Waals surface area (Å²) >= 11 is 0. The number of aryl methyl sites for hydroxylation is 2. The zero-order valence-corrected chi connectivity index (χ0v) is 12.9. The van der Waals surface area contributed by atoms with Crippen LogP contribution in [0.1, 0.15) is 50.4 Å². The second-order valence-electron chi connectivity index (χ2n) is 6.43. The first-order valence-corrected chi connectivity index (χ1v) is 6.76. The van der Waals surface area contributed by atoms with Crippen molar-refractivity contribution in [3.8, 4) is 0 Å². The van der Waals surface area contributed by atoms with Gasteiger partial charge in [-0.3, -0.25) is 4.79 Å². The van der Waals surface area contributed by atoms with Gasteiger partial charge in [-0.25, -0.2) is 0 Å². The minimum atomic E-state index is -0.499. The van der Waals surface area contributed by atoms with E-state index in [2.05, 4.69) is 37.4 Å². The molecule has 1 amide bonds. The molecule has 2 atom stereocenters. The Bertz CT molecular complexity index is 460. The molecule has 1 rings (SSSR count). The van der Waals surface area contributed by atoms with Gasteiger partial charge in [0.2, 0.25) is 5.91 Å². The van der Waals surface area contributed by atoms with Crippen LogP contribution in [-0.4, -0.2) is 11.9 Å². The summed E-state index contributed by atoms with van der Waals surface area (Å²) in [5.74, 6) is -0.0972. The van der Waals surface area contributed by atoms with Gasteiger partial charge in [-0.05, 0) is 37.3 Å². The minimum absolute atomic E-state index is 0.0264. The highest BCUT2D eigenvalue weighted by Crippen LogP contribution is 2.21. The molecule has 1 aromatic rings. The molecule has 0 aliphatic heterocycles. The topological polar surface area (TPSA) is 55.1 Å². The number of carbonyl (C=O) groups is 1. The summed E-state index contributed by atoms with van der Waals surface area (Å²) in [7, 11) is 0. The van der Waals surface area contributed by atoms with Crippen LogP contribution in [0.15, 0.2) is 18.2 Å². The molecule has 0 saturated carbocycles. The summed E-state index contributed by atoms with van der Waals surface area (Å²) in [6.45, 7) is 12.0. The second kappa shape index (κ2) is 5.74. The number of nitrogens with two attached hydrogens (primary N) is 1. The fraction of sp³-hybridized carbons (Fsp3) is 0.562. The van der Waals surface area contributed by atoms with E-state index in [1.165, 1.54) is 11.1 Å². The van der Waals surface area contributed by atoms with E-state index >= 15 is 0 Å². The van der Waals surface area contributed by atoms with Crippen molar-refractivity contribution in [2.75, 3.05) is 0 Å². The molecule has 3 N–H and O–H groups in total. The Morgan fingerprint density at radius 2 is 1.84 bits per heavy atom. The van der Waals surface area contributed by atoms with Crippen LogP contribution in [0.25, 0.3) is 0 Å². The number of rotatable bonds is 3. The summed E-state index contributed by atoms with van der Waals surface area (Å²) < 4.78 is 0. The van der Waals surface area contributed by atoms with Crippen LogP contribution >= 0.6 is 0 Å². The van der Waals surface area contributed by atoms with Crippen LogP contribution in [0.3, 0.4) is 0 Å². The first kappa shape index (κ1) is 15.7. The molecule has 0 radical (unpaired) electrons. The quantitative estimate of drug-likeness (QED) is 0.880. The van der Waals surface area contributed by atoms with Crippen LogP contribution in [0, 0.1) is 19.3 Å². The van der Waals surface area contributed by atoms with Crippen molar-refractivity contribution in [1.29, 1.82) is 0 Å². The normalized spacial score (nSPS) is 14.9. The van der Waals surface area contributed by atoms with E-state index in [1.54, 1.807) is 0 Å². The fourth-order valence-corrected chi connectivity index (χ4v) is 2.09. The van der Waals surface area contributed by atoms with Gasteiger partial charge in [0.25, 0.3) is 0 Å². The van der Waals surface area contributed by atoms with Gasteiger partial charge in [0.15, 0.2) is 0 Å². The van der Waals surface area contributed by atoms with Crippen LogP contribution in [0.4, 0.5) is 0 Å². The highest BCUT2D eigenvalue weighted by Gasteiger charge is 2.28. The fourth-order valence-electron chi connectivity index (χ4n) is 2.09. The molecule has 0 heterocycles. The molecule has 106 valence electrons. The van der Waals surface area contributed by atoms with Crippen LogP contribution in [0.5, 0.6) is 0 Å². The molecular formula is C16H26N2O. The van der Waals surface area contributed by atoms with E-state index in [0.29, 0.717) is 0 Å². The molecule has 0 saturated heterocycles. The molecule has 0 aromatic heterocycles. The second-order valence-corrected chi connectivity index (χ2v) is 6.43. The van der Waals surface area contributed by atoms with Gasteiger partial charge in [0.05, 0.1) is 12.1 Å². The number of carbonyl (C=O) groups excluding carboxylic acids is 1. The summed E-state index contributed by atoms with van der Waals surface area (Å²) in [5, 5.41) is 3.00. The monoisotopic (exact) mass is 262 g/mol. The Labute approximate surface area is 116 Å². The summed E-state index contributed by atoms with van der Waals surface area (Å²) in [6, 6.07) is 5.73. The summed E-state index contributed by atoms with van der Waals surface area (Å²) in [4.78, 5) is 12.1. The highest BCUT2D eigenvalue weighted by molar-refractivity contribution is 5.82. The number of benzene rings is 1. The molecular weight excluding hydrogens is 236 g/mol. The van der Waals surface area contributed by atoms with Crippen molar-refractivity contribution in [3.63, 3.8) is 0 Å². The number of hydrogen-bond donors (Lipinski definition) is 2. The molecule has 1 aromatic carbocycles. The standard InChI is InChI=1S/C16H26N2O/c1-10-7-8-13(11(2)9-10)12(3)18-15(19)14(17)16(4,5)6/h7-9,12,14H,17H2,1-6H3,(H,18,19)/t12?,14-/m1/s1. The predicted molar refractivity (Wildman–Crippen MR) is 79.9 cm³/mol. The van der Waals surface area contributed by atoms with E-state index in [0.717, 1.165) is 5.56 Å². The lowest BCUT2D eigenvalue weighted by Gasteiger charge is -2.28. The van der Waals surface area contributed by atoms with E-state index in [9.17, 15) is 4.79 Å². The molecule has 19 heavy (non-hydrogen) atoms. The summed E-state index contributed by atoms with van der Waals surface area (Å²) in [6.07, 6.45) is 0. The molecule has 3 heteroatoms. The smallest absolute Gasteiger partial charge is 0.237 e. The van der Waals surface area contributed by atoms with Gasteiger partial charge in [-0.15, -0.1) is 0 Å². The third-order valence-corrected chi connectivity index (χ3v) is 3.47. The maximum Gasteiger partial charge on any atom is 0.237 e. The average molecular weight is 262 g/mol. The largest absolute Gasteiger partial charge is 0.348 e. The Kier molecular flexibility index (Phi) is 4.75. The van der Waals surface area contributed by atoms with Crippen LogP contribution in [-0.2, 0) is 4.79 Å². The molecule has 0 spiro atoms. The third-order valence-electron chi connectivity index (χ3n) is 3.47. The third kappa shape index (κ3) is 4.06. The minimum Gasteiger partial charge on any atom is -0.348 e. The van der Waals surface area contributed by atoms with Crippen molar-refractivity contribution in [2.45, 2.75) is 53.6 Å². The molecule has 3 nitrogen and oxygen atoms in total. The van der Waals surface area contributed by atoms with Crippen molar-refractivity contribution in [2.24, 2.45) is 11.1 Å². The van der Waals surface area contributed by atoms with Gasteiger partial charge in [0, 0.05) is 0 Å². The summed E-state index contributed by atoms with van der Waals surface area (Å²) in [5.41, 5.74) is 9.30. The Balaban J connectivity index is 2.80. The molecule has 0 aliphatic rings. The van der Waals surface area contributed by atoms with Crippen molar-refractivity contribution >= 4 is 5.91 Å². The van der Waals surface area contributed by atoms with Crippen molar-refractivity contribution < 1.29 is 4.79 Å². The van der Waals surface area contributed by atoms with Crippen LogP contribution < -0.4 is 11.1 Å². The average Bonchev–Trinajstić information content (AvgIpc) is 2.26. The Morgan fingerprint density at radius 1 is 1.26 bits per heavy atom. The molecule has 1 unspecified atom stereocenters. The first-order chi connectivity index (χ1) is 8.62. The van der Waals surface area contributed by atoms with Gasteiger partial charge in [-0.2, -0.15) is 0 Å². The van der Waals surface area contributed by atoms with E-state index in [-0.39, 0.29) is 17.4 Å². The van der Waals surface area contributed by atoms with Crippen molar-refractivity contribution in [3.05, 3.63) is 34.9 Å². The van der Waals surface area contributed by atoms with E-state index in [4.69, 9.17) is 5.73 Å². The first-order valence-electron chi connectivity index (χ1n) is 6.76. The lowest BCUT2D eigenvalue weighted by Crippen LogP contribution is -2.49. The Morgan fingerprint density at radius 3 is 2.32 bits per heavy atom. The lowest BCUT2D eigenvalue weighted by atomic mass is 9.86. The lowest BCUT2D eigenvalue weighted by molar-refractivity contribution is -0.125. The maximum absolute atomic E-state index is 12.1. The molecule has 0 bridgehead atoms. The number of nitrogens with one attached hydrogen (secondary N) is 1. The van der Waals surface area contributed by atoms with Gasteiger partial charge in [-0.1, -0.05) is 44.5 Å². The maximum atomic E-state index is 12.1. The Hall–Kier alpha value is -1.35. The van der Waals surface area contributed by atoms with Gasteiger partial charge in [0.1, 0.15) is 0 Å². The molecule has 0 aliphatic carbocycles. The van der Waals surface area contributed by atoms with Crippen LogP contribution in [0.2, 0.25) is 0 Å². The zero-order valence-electron chi connectivity index (χ0n) is 12.9. The SMILES string of the molecule is Cc1ccc(C(C)NC(=O)[C@@H](N)C(C)(C)C)c(C)c1. The highest BCUT2D eigenvalue weighted by atomic mass is 16.2. The number of hydrogen-bond acceptors (Lipinski definition) is 2. The number of amides is 1. The van der Waals surface area contributed by atoms with E-state index in [1.807, 2.05) is 27.7 Å². The zero-order chi connectivity index (χ0) is 14.8. The molecule has 0 fully saturated rings. The van der Waals surface area contributed by atoms with Crippen molar-refractivity contribution in [1.82, 2.24) is 5.32 Å².